The van der Waals surface area contributed by atoms with Crippen molar-refractivity contribution in [1.82, 2.24) is 10.3 Å². The van der Waals surface area contributed by atoms with Gasteiger partial charge in [0.05, 0.1) is 39.4 Å². The van der Waals surface area contributed by atoms with E-state index in [2.05, 4.69) is 19.9 Å². The first kappa shape index (κ1) is 24.3. The van der Waals surface area contributed by atoms with Crippen LogP contribution in [0.1, 0.15) is 29.3 Å². The summed E-state index contributed by atoms with van der Waals surface area (Å²) >= 11 is 6.20. The average Bonchev–Trinajstić information content (AvgIpc) is 2.82. The molecule has 0 radical (unpaired) electrons. The summed E-state index contributed by atoms with van der Waals surface area (Å²) in [7, 11) is -3.84. The van der Waals surface area contributed by atoms with Crippen molar-refractivity contribution in [3.8, 4) is 0 Å². The molecule has 0 amide bonds. The highest BCUT2D eigenvalue weighted by molar-refractivity contribution is 7.92. The monoisotopic (exact) mass is 508 g/mol. The zero-order valence-corrected chi connectivity index (χ0v) is 19.9. The Bertz CT molecular complexity index is 1360. The van der Waals surface area contributed by atoms with Crippen molar-refractivity contribution in [2.24, 2.45) is 0 Å². The summed E-state index contributed by atoms with van der Waals surface area (Å²) in [5.74, 6) is -3.93. The Labute approximate surface area is 201 Å². The maximum atomic E-state index is 14.7. The second-order valence-corrected chi connectivity index (χ2v) is 10.2. The number of anilines is 2. The zero-order chi connectivity index (χ0) is 24.5. The van der Waals surface area contributed by atoms with Crippen LogP contribution in [0.2, 0.25) is 5.02 Å². The van der Waals surface area contributed by atoms with Gasteiger partial charge in [0.15, 0.2) is 17.4 Å². The summed E-state index contributed by atoms with van der Waals surface area (Å²) in [6, 6.07) is 7.12. The first-order chi connectivity index (χ1) is 16.2. The van der Waals surface area contributed by atoms with E-state index in [0.29, 0.717) is 23.4 Å². The van der Waals surface area contributed by atoms with Gasteiger partial charge >= 0.3 is 0 Å². The molecule has 0 aliphatic carbocycles. The van der Waals surface area contributed by atoms with Crippen LogP contribution in [0.25, 0.3) is 10.9 Å². The molecule has 0 unspecified atom stereocenters. The highest BCUT2D eigenvalue weighted by Crippen LogP contribution is 2.33. The number of aromatic nitrogens is 1. The fourth-order valence-corrected chi connectivity index (χ4v) is 5.33. The van der Waals surface area contributed by atoms with Gasteiger partial charge in [-0.3, -0.25) is 14.5 Å². The van der Waals surface area contributed by atoms with Gasteiger partial charge in [-0.2, -0.15) is 0 Å². The molecule has 1 saturated heterocycles. The lowest BCUT2D eigenvalue weighted by Crippen LogP contribution is -2.43. The molecule has 7 nitrogen and oxygen atoms in total. The van der Waals surface area contributed by atoms with Gasteiger partial charge in [-0.1, -0.05) is 18.5 Å². The van der Waals surface area contributed by atoms with E-state index >= 15 is 0 Å². The summed E-state index contributed by atoms with van der Waals surface area (Å²) in [5.41, 5.74) is 0.471. The summed E-state index contributed by atoms with van der Waals surface area (Å²) in [5, 5.41) is 3.42. The standard InChI is InChI=1S/C23H23ClF2N4O3S/c1-2-9-34(32,33)29-19-12-17(25)22(26)20(21(19)24)23(31)14-3-4-18-15(10-14)11-16(13-28-18)30-7-5-27-6-8-30/h3-4,10-13,27,29H,2,5-9H2,1H3. The van der Waals surface area contributed by atoms with Crippen molar-refractivity contribution < 1.29 is 22.0 Å². The minimum Gasteiger partial charge on any atom is -0.368 e. The van der Waals surface area contributed by atoms with E-state index in [9.17, 15) is 22.0 Å². The molecular formula is C23H23ClF2N4O3S. The topological polar surface area (TPSA) is 91.4 Å². The lowest BCUT2D eigenvalue weighted by Gasteiger charge is -2.29. The van der Waals surface area contributed by atoms with Gasteiger partial charge in [-0.05, 0) is 30.7 Å². The largest absolute Gasteiger partial charge is 0.368 e. The molecule has 2 N–H and O–H groups in total. The molecule has 0 spiro atoms. The number of nitrogens with zero attached hydrogens (tertiary/aromatic N) is 2. The Kier molecular flexibility index (Phi) is 7.01. The predicted octanol–water partition coefficient (Wildman–Crippen LogP) is 3.96. The van der Waals surface area contributed by atoms with Crippen LogP contribution in [0, 0.1) is 11.6 Å². The van der Waals surface area contributed by atoms with Gasteiger partial charge in [0.1, 0.15) is 0 Å². The van der Waals surface area contributed by atoms with E-state index in [-0.39, 0.29) is 17.0 Å². The smallest absolute Gasteiger partial charge is 0.232 e. The molecule has 4 rings (SSSR count). The van der Waals surface area contributed by atoms with Gasteiger partial charge in [0.2, 0.25) is 10.0 Å². The third kappa shape index (κ3) is 4.98. The number of rotatable bonds is 7. The number of sulfonamides is 1. The zero-order valence-electron chi connectivity index (χ0n) is 18.4. The molecule has 1 aromatic heterocycles. The first-order valence-corrected chi connectivity index (χ1v) is 12.8. The van der Waals surface area contributed by atoms with Gasteiger partial charge in [0.25, 0.3) is 0 Å². The van der Waals surface area contributed by atoms with Crippen molar-refractivity contribution in [1.29, 1.82) is 0 Å². The van der Waals surface area contributed by atoms with Crippen molar-refractivity contribution in [3.63, 3.8) is 0 Å². The summed E-state index contributed by atoms with van der Waals surface area (Å²) in [6.45, 7) is 4.97. The molecule has 180 valence electrons. The van der Waals surface area contributed by atoms with Crippen LogP contribution >= 0.6 is 11.6 Å². The molecule has 0 bridgehead atoms. The third-order valence-electron chi connectivity index (χ3n) is 5.53. The van der Waals surface area contributed by atoms with Crippen LogP contribution in [-0.4, -0.2) is 51.1 Å². The quantitative estimate of drug-likeness (QED) is 0.371. The van der Waals surface area contributed by atoms with E-state index in [1.54, 1.807) is 19.2 Å². The molecule has 1 fully saturated rings. The van der Waals surface area contributed by atoms with Gasteiger partial charge in [-0.15, -0.1) is 0 Å². The fourth-order valence-electron chi connectivity index (χ4n) is 3.87. The minimum absolute atomic E-state index is 0.0699. The number of fused-ring (bicyclic) bond motifs is 1. The Morgan fingerprint density at radius 2 is 1.94 bits per heavy atom. The number of nitrogens with one attached hydrogen (secondary N) is 2. The van der Waals surface area contributed by atoms with E-state index in [1.165, 1.54) is 12.1 Å². The third-order valence-corrected chi connectivity index (χ3v) is 7.40. The second-order valence-electron chi connectivity index (χ2n) is 8.00. The summed E-state index contributed by atoms with van der Waals surface area (Å²) < 4.78 is 55.4. The minimum atomic E-state index is -3.84. The second kappa shape index (κ2) is 9.81. The number of benzene rings is 2. The number of ketones is 1. The number of carbonyl (C=O) groups excluding carboxylic acids is 1. The van der Waals surface area contributed by atoms with Gasteiger partial charge < -0.3 is 10.2 Å². The van der Waals surface area contributed by atoms with Crippen LogP contribution in [0.5, 0.6) is 0 Å². The van der Waals surface area contributed by atoms with Gasteiger partial charge in [-0.25, -0.2) is 17.2 Å². The number of halogens is 3. The van der Waals surface area contributed by atoms with Crippen LogP contribution in [-0.2, 0) is 10.0 Å². The van der Waals surface area contributed by atoms with Crippen molar-refractivity contribution >= 4 is 49.7 Å². The van der Waals surface area contributed by atoms with E-state index < -0.39 is 38.0 Å². The van der Waals surface area contributed by atoms with E-state index in [4.69, 9.17) is 11.6 Å². The SMILES string of the molecule is CCCS(=O)(=O)Nc1cc(F)c(F)c(C(=O)c2ccc3ncc(N4CCNCC4)cc3c2)c1Cl. The van der Waals surface area contributed by atoms with E-state index in [1.807, 2.05) is 6.07 Å². The number of carbonyl (C=O) groups is 1. The Morgan fingerprint density at radius 3 is 2.65 bits per heavy atom. The van der Waals surface area contributed by atoms with Crippen molar-refractivity contribution in [2.75, 3.05) is 41.6 Å². The average molecular weight is 509 g/mol. The maximum Gasteiger partial charge on any atom is 0.232 e. The number of hydrogen-bond donors (Lipinski definition) is 2. The molecule has 34 heavy (non-hydrogen) atoms. The molecule has 1 aliphatic rings. The van der Waals surface area contributed by atoms with Crippen molar-refractivity contribution in [2.45, 2.75) is 13.3 Å². The van der Waals surface area contributed by atoms with E-state index in [0.717, 1.165) is 31.9 Å². The van der Waals surface area contributed by atoms with Crippen LogP contribution < -0.4 is 14.9 Å². The Balaban J connectivity index is 1.73. The van der Waals surface area contributed by atoms with Crippen molar-refractivity contribution in [3.05, 3.63) is 64.3 Å². The lowest BCUT2D eigenvalue weighted by atomic mass is 10.00. The normalized spacial score (nSPS) is 14.4. The first-order valence-electron chi connectivity index (χ1n) is 10.8. The molecule has 2 heterocycles. The molecule has 0 atom stereocenters. The number of piperazine rings is 1. The van der Waals surface area contributed by atoms with Crippen LogP contribution in [0.15, 0.2) is 36.5 Å². The molecule has 0 saturated carbocycles. The predicted molar refractivity (Wildman–Crippen MR) is 129 cm³/mol. The highest BCUT2D eigenvalue weighted by atomic mass is 35.5. The van der Waals surface area contributed by atoms with Crippen LogP contribution in [0.3, 0.4) is 0 Å². The maximum absolute atomic E-state index is 14.7. The highest BCUT2D eigenvalue weighted by Gasteiger charge is 2.26. The van der Waals surface area contributed by atoms with Crippen LogP contribution in [0.4, 0.5) is 20.2 Å². The molecule has 1 aliphatic heterocycles. The Hall–Kier alpha value is -2.82. The van der Waals surface area contributed by atoms with Gasteiger partial charge in [0, 0.05) is 43.2 Å². The number of hydrogen-bond acceptors (Lipinski definition) is 6. The number of pyridine rings is 1. The summed E-state index contributed by atoms with van der Waals surface area (Å²) in [6.07, 6.45) is 2.07. The molecule has 11 heteroatoms. The lowest BCUT2D eigenvalue weighted by molar-refractivity contribution is 0.103. The molecular weight excluding hydrogens is 486 g/mol. The fraction of sp³-hybridized carbons (Fsp3) is 0.304. The Morgan fingerprint density at radius 1 is 1.21 bits per heavy atom. The summed E-state index contributed by atoms with van der Waals surface area (Å²) in [4.78, 5) is 19.8. The molecule has 3 aromatic rings. The molecule has 2 aromatic carbocycles.